The van der Waals surface area contributed by atoms with Gasteiger partial charge in [0, 0.05) is 22.3 Å². The van der Waals surface area contributed by atoms with E-state index in [1.165, 1.54) is 16.7 Å². The Morgan fingerprint density at radius 2 is 1.39 bits per heavy atom. The lowest BCUT2D eigenvalue weighted by Crippen LogP contribution is -2.00. The molecule has 0 fully saturated rings. The second-order valence-electron chi connectivity index (χ2n) is 4.51. The van der Waals surface area contributed by atoms with Crippen LogP contribution in [0.5, 0.6) is 0 Å². The number of hydrogen-bond acceptors (Lipinski definition) is 1. The molecular weight excluding hydrogens is 265 g/mol. The van der Waals surface area contributed by atoms with Gasteiger partial charge in [0.2, 0.25) is 0 Å². The first kappa shape index (κ1) is 13.3. The summed E-state index contributed by atoms with van der Waals surface area (Å²) < 4.78 is 0. The Bertz CT molecular complexity index is 472. The van der Waals surface area contributed by atoms with E-state index in [4.69, 9.17) is 23.2 Å². The molecule has 0 saturated heterocycles. The van der Waals surface area contributed by atoms with Crippen LogP contribution in [0.1, 0.15) is 16.7 Å². The molecule has 0 aliphatic carbocycles. The third kappa shape index (κ3) is 3.66. The SMILES string of the molecule is Cc1cc(C)cc(CNc2cc(Cl)cc(Cl)c2)c1. The molecule has 0 radical (unpaired) electrons. The number of anilines is 1. The predicted octanol–water partition coefficient (Wildman–Crippen LogP) is 5.22. The van der Waals surface area contributed by atoms with Gasteiger partial charge < -0.3 is 5.32 Å². The first-order chi connectivity index (χ1) is 8.52. The molecular formula is C15H15Cl2N. The van der Waals surface area contributed by atoms with E-state index >= 15 is 0 Å². The van der Waals surface area contributed by atoms with Crippen LogP contribution in [0.4, 0.5) is 5.69 Å². The molecule has 0 aromatic heterocycles. The third-order valence-electron chi connectivity index (χ3n) is 2.64. The standard InChI is InChI=1S/C15H15Cl2N/c1-10-3-11(2)5-12(4-10)9-18-15-7-13(16)6-14(17)8-15/h3-8,18H,9H2,1-2H3. The van der Waals surface area contributed by atoms with Crippen LogP contribution in [-0.2, 0) is 6.54 Å². The molecule has 0 spiro atoms. The Morgan fingerprint density at radius 3 is 1.94 bits per heavy atom. The summed E-state index contributed by atoms with van der Waals surface area (Å²) in [5.74, 6) is 0. The molecule has 0 aliphatic rings. The zero-order chi connectivity index (χ0) is 13.1. The quantitative estimate of drug-likeness (QED) is 0.812. The minimum Gasteiger partial charge on any atom is -0.381 e. The highest BCUT2D eigenvalue weighted by Crippen LogP contribution is 2.23. The fourth-order valence-corrected chi connectivity index (χ4v) is 2.56. The van der Waals surface area contributed by atoms with Crippen molar-refractivity contribution >= 4 is 28.9 Å². The summed E-state index contributed by atoms with van der Waals surface area (Å²) in [6.07, 6.45) is 0. The minimum absolute atomic E-state index is 0.644. The van der Waals surface area contributed by atoms with E-state index in [1.807, 2.05) is 12.1 Å². The Labute approximate surface area is 118 Å². The minimum atomic E-state index is 0.644. The molecule has 2 aromatic carbocycles. The lowest BCUT2D eigenvalue weighted by Gasteiger charge is -2.09. The molecule has 0 bridgehead atoms. The van der Waals surface area contributed by atoms with Crippen LogP contribution >= 0.6 is 23.2 Å². The van der Waals surface area contributed by atoms with E-state index < -0.39 is 0 Å². The second kappa shape index (κ2) is 5.64. The van der Waals surface area contributed by atoms with Gasteiger partial charge in [-0.15, -0.1) is 0 Å². The van der Waals surface area contributed by atoms with Gasteiger partial charge in [-0.05, 0) is 37.6 Å². The number of benzene rings is 2. The van der Waals surface area contributed by atoms with Gasteiger partial charge in [-0.25, -0.2) is 0 Å². The average Bonchev–Trinajstić information content (AvgIpc) is 2.23. The van der Waals surface area contributed by atoms with E-state index in [2.05, 4.69) is 37.4 Å². The molecule has 18 heavy (non-hydrogen) atoms. The molecule has 0 aliphatic heterocycles. The fraction of sp³-hybridized carbons (Fsp3) is 0.200. The van der Waals surface area contributed by atoms with Gasteiger partial charge >= 0.3 is 0 Å². The summed E-state index contributed by atoms with van der Waals surface area (Å²) in [7, 11) is 0. The summed E-state index contributed by atoms with van der Waals surface area (Å²) in [4.78, 5) is 0. The van der Waals surface area contributed by atoms with Crippen LogP contribution in [0, 0.1) is 13.8 Å². The molecule has 2 rings (SSSR count). The monoisotopic (exact) mass is 279 g/mol. The lowest BCUT2D eigenvalue weighted by atomic mass is 10.1. The van der Waals surface area contributed by atoms with E-state index in [-0.39, 0.29) is 0 Å². The maximum absolute atomic E-state index is 5.96. The summed E-state index contributed by atoms with van der Waals surface area (Å²) in [5, 5.41) is 4.62. The summed E-state index contributed by atoms with van der Waals surface area (Å²) in [6, 6.07) is 12.0. The summed E-state index contributed by atoms with van der Waals surface area (Å²) in [6.45, 7) is 4.97. The Kier molecular flexibility index (Phi) is 4.15. The van der Waals surface area contributed by atoms with Crippen LogP contribution in [0.3, 0.4) is 0 Å². The van der Waals surface area contributed by atoms with Crippen LogP contribution in [-0.4, -0.2) is 0 Å². The number of aryl methyl sites for hydroxylation is 2. The first-order valence-electron chi connectivity index (χ1n) is 5.80. The zero-order valence-electron chi connectivity index (χ0n) is 10.4. The fourth-order valence-electron chi connectivity index (χ4n) is 2.03. The highest BCUT2D eigenvalue weighted by molar-refractivity contribution is 6.35. The van der Waals surface area contributed by atoms with Crippen molar-refractivity contribution < 1.29 is 0 Å². The molecule has 1 N–H and O–H groups in total. The first-order valence-corrected chi connectivity index (χ1v) is 6.56. The molecule has 1 nitrogen and oxygen atoms in total. The van der Waals surface area contributed by atoms with Crippen molar-refractivity contribution in [2.24, 2.45) is 0 Å². The number of hydrogen-bond donors (Lipinski definition) is 1. The number of halogens is 2. The molecule has 0 unspecified atom stereocenters. The van der Waals surface area contributed by atoms with Gasteiger partial charge in [-0.2, -0.15) is 0 Å². The van der Waals surface area contributed by atoms with E-state index in [0.717, 1.165) is 12.2 Å². The van der Waals surface area contributed by atoms with Crippen LogP contribution in [0.15, 0.2) is 36.4 Å². The molecule has 0 atom stereocenters. The smallest absolute Gasteiger partial charge is 0.0441 e. The molecule has 0 amide bonds. The number of rotatable bonds is 3. The van der Waals surface area contributed by atoms with Crippen LogP contribution < -0.4 is 5.32 Å². The summed E-state index contributed by atoms with van der Waals surface area (Å²) in [5.41, 5.74) is 4.74. The number of nitrogens with one attached hydrogen (secondary N) is 1. The second-order valence-corrected chi connectivity index (χ2v) is 5.38. The normalized spacial score (nSPS) is 10.4. The van der Waals surface area contributed by atoms with Crippen molar-refractivity contribution in [3.63, 3.8) is 0 Å². The van der Waals surface area contributed by atoms with Gasteiger partial charge in [0.15, 0.2) is 0 Å². The molecule has 3 heteroatoms. The Balaban J connectivity index is 2.11. The van der Waals surface area contributed by atoms with Gasteiger partial charge in [-0.1, -0.05) is 52.5 Å². The van der Waals surface area contributed by atoms with Crippen molar-refractivity contribution in [1.29, 1.82) is 0 Å². The van der Waals surface area contributed by atoms with Crippen LogP contribution in [0.2, 0.25) is 10.0 Å². The Hall–Kier alpha value is -1.18. The van der Waals surface area contributed by atoms with Gasteiger partial charge in [0.1, 0.15) is 0 Å². The highest BCUT2D eigenvalue weighted by Gasteiger charge is 1.99. The third-order valence-corrected chi connectivity index (χ3v) is 3.08. The van der Waals surface area contributed by atoms with Gasteiger partial charge in [0.05, 0.1) is 0 Å². The molecule has 94 valence electrons. The predicted molar refractivity (Wildman–Crippen MR) is 79.7 cm³/mol. The summed E-state index contributed by atoms with van der Waals surface area (Å²) >= 11 is 11.9. The molecule has 0 heterocycles. The van der Waals surface area contributed by atoms with Crippen LogP contribution in [0.25, 0.3) is 0 Å². The van der Waals surface area contributed by atoms with E-state index in [0.29, 0.717) is 10.0 Å². The largest absolute Gasteiger partial charge is 0.381 e. The zero-order valence-corrected chi connectivity index (χ0v) is 11.9. The maximum Gasteiger partial charge on any atom is 0.0441 e. The molecule has 0 saturated carbocycles. The topological polar surface area (TPSA) is 12.0 Å². The van der Waals surface area contributed by atoms with Crippen molar-refractivity contribution in [2.75, 3.05) is 5.32 Å². The average molecular weight is 280 g/mol. The van der Waals surface area contributed by atoms with Crippen molar-refractivity contribution in [2.45, 2.75) is 20.4 Å². The van der Waals surface area contributed by atoms with Crippen molar-refractivity contribution in [3.8, 4) is 0 Å². The van der Waals surface area contributed by atoms with Gasteiger partial charge in [-0.3, -0.25) is 0 Å². The van der Waals surface area contributed by atoms with Gasteiger partial charge in [0.25, 0.3) is 0 Å². The highest BCUT2D eigenvalue weighted by atomic mass is 35.5. The van der Waals surface area contributed by atoms with Crippen molar-refractivity contribution in [1.82, 2.24) is 0 Å². The lowest BCUT2D eigenvalue weighted by molar-refractivity contribution is 1.13. The Morgan fingerprint density at radius 1 is 0.833 bits per heavy atom. The molecule has 2 aromatic rings. The maximum atomic E-state index is 5.96. The van der Waals surface area contributed by atoms with E-state index in [1.54, 1.807) is 6.07 Å². The van der Waals surface area contributed by atoms with E-state index in [9.17, 15) is 0 Å². The van der Waals surface area contributed by atoms with Crippen molar-refractivity contribution in [3.05, 3.63) is 63.1 Å².